The van der Waals surface area contributed by atoms with Gasteiger partial charge in [0.1, 0.15) is 5.75 Å². The Bertz CT molecular complexity index is 312. The first-order chi connectivity index (χ1) is 5.95. The van der Waals surface area contributed by atoms with Gasteiger partial charge in [0.15, 0.2) is 7.85 Å². The van der Waals surface area contributed by atoms with Crippen molar-refractivity contribution >= 4 is 19.4 Å². The zero-order chi connectivity index (χ0) is 10.1. The third kappa shape index (κ3) is 2.37. The molecule has 13 heavy (non-hydrogen) atoms. The molecule has 0 aliphatic rings. The number of nitrogens with two attached hydrogens (primary N) is 1. The molecule has 0 radical (unpaired) electrons. The summed E-state index contributed by atoms with van der Waals surface area (Å²) in [6, 6.07) is 4.92. The molecule has 0 fully saturated rings. The second-order valence-corrected chi connectivity index (χ2v) is 3.40. The fourth-order valence-electron chi connectivity index (χ4n) is 0.981. The number of halogens is 1. The number of methoxy groups -OCH3 is 1. The molecule has 0 bridgehead atoms. The molecule has 1 aromatic carbocycles. The molecule has 3 N–H and O–H groups in total. The first kappa shape index (κ1) is 10.4. The van der Waals surface area contributed by atoms with Crippen molar-refractivity contribution < 1.29 is 9.84 Å². The van der Waals surface area contributed by atoms with Crippen LogP contribution in [0.2, 0.25) is 5.02 Å². The third-order valence-corrected chi connectivity index (χ3v) is 2.03. The maximum Gasteiger partial charge on any atom is 0.168 e. The molecule has 0 spiro atoms. The van der Waals surface area contributed by atoms with Gasteiger partial charge in [-0.05, 0) is 17.7 Å². The minimum atomic E-state index is -1.37. The van der Waals surface area contributed by atoms with E-state index >= 15 is 0 Å². The molecule has 1 atom stereocenters. The van der Waals surface area contributed by atoms with Gasteiger partial charge in [0.2, 0.25) is 0 Å². The molecule has 0 aliphatic heterocycles. The first-order valence-corrected chi connectivity index (χ1v) is 4.18. The van der Waals surface area contributed by atoms with Crippen LogP contribution in [0.1, 0.15) is 5.56 Å². The van der Waals surface area contributed by atoms with E-state index in [9.17, 15) is 5.11 Å². The Balaban J connectivity index is 3.10. The summed E-state index contributed by atoms with van der Waals surface area (Å²) in [7, 11) is 3.02. The molecule has 0 aromatic heterocycles. The maximum atomic E-state index is 9.46. The second kappa shape index (κ2) is 3.58. The zero-order valence-corrected chi connectivity index (χ0v) is 8.30. The van der Waals surface area contributed by atoms with Crippen molar-refractivity contribution in [2.75, 3.05) is 7.11 Å². The summed E-state index contributed by atoms with van der Waals surface area (Å²) in [6.07, 6.45) is 0. The molecule has 0 heterocycles. The van der Waals surface area contributed by atoms with Crippen molar-refractivity contribution in [3.8, 4) is 5.75 Å². The lowest BCUT2D eigenvalue weighted by Gasteiger charge is -2.18. The number of hydrogen-bond donors (Lipinski definition) is 2. The van der Waals surface area contributed by atoms with Gasteiger partial charge in [-0.15, -0.1) is 0 Å². The average molecular weight is 199 g/mol. The Morgan fingerprint density at radius 2 is 2.23 bits per heavy atom. The Kier molecular flexibility index (Phi) is 2.85. The molecule has 70 valence electrons. The lowest BCUT2D eigenvalue weighted by molar-refractivity contribution is 0.136. The van der Waals surface area contributed by atoms with E-state index in [-0.39, 0.29) is 0 Å². The molecule has 1 aromatic rings. The van der Waals surface area contributed by atoms with Crippen LogP contribution < -0.4 is 10.5 Å². The third-order valence-electron chi connectivity index (χ3n) is 1.74. The number of rotatable bonds is 2. The summed E-state index contributed by atoms with van der Waals surface area (Å²) in [5.41, 5.74) is 4.66. The summed E-state index contributed by atoms with van der Waals surface area (Å²) in [4.78, 5) is 0. The lowest BCUT2D eigenvalue weighted by atomic mass is 9.85. The SMILES string of the molecule is BC(N)(O)c1ccc(OC)c(Cl)c1. The summed E-state index contributed by atoms with van der Waals surface area (Å²) < 4.78 is 4.96. The highest BCUT2D eigenvalue weighted by Crippen LogP contribution is 2.27. The zero-order valence-electron chi connectivity index (χ0n) is 7.54. The van der Waals surface area contributed by atoms with Gasteiger partial charge in [0.05, 0.1) is 17.8 Å². The van der Waals surface area contributed by atoms with Gasteiger partial charge in [-0.2, -0.15) is 0 Å². The smallest absolute Gasteiger partial charge is 0.168 e. The number of benzene rings is 1. The predicted molar refractivity (Wildman–Crippen MR) is 54.6 cm³/mol. The van der Waals surface area contributed by atoms with Crippen LogP contribution in [0.15, 0.2) is 18.2 Å². The average Bonchev–Trinajstić information content (AvgIpc) is 2.02. The fraction of sp³-hybridized carbons (Fsp3) is 0.250. The van der Waals surface area contributed by atoms with Crippen molar-refractivity contribution in [2.45, 2.75) is 5.62 Å². The Morgan fingerprint density at radius 1 is 1.62 bits per heavy atom. The standard InChI is InChI=1S/C8H11BClNO2/c1-13-7-3-2-5(4-6(7)10)8(9,11)12/h2-4,12H,9,11H2,1H3. The molecule has 0 saturated carbocycles. The van der Waals surface area contributed by atoms with Gasteiger partial charge in [-0.1, -0.05) is 17.7 Å². The van der Waals surface area contributed by atoms with E-state index in [1.807, 2.05) is 0 Å². The quantitative estimate of drug-likeness (QED) is 0.522. The van der Waals surface area contributed by atoms with Crippen molar-refractivity contribution in [1.82, 2.24) is 0 Å². The maximum absolute atomic E-state index is 9.46. The largest absolute Gasteiger partial charge is 0.495 e. The van der Waals surface area contributed by atoms with Gasteiger partial charge < -0.3 is 15.6 Å². The van der Waals surface area contributed by atoms with E-state index in [4.69, 9.17) is 22.1 Å². The van der Waals surface area contributed by atoms with E-state index in [0.717, 1.165) is 0 Å². The summed E-state index contributed by atoms with van der Waals surface area (Å²) in [5.74, 6) is 0.565. The van der Waals surface area contributed by atoms with Crippen molar-refractivity contribution in [3.63, 3.8) is 0 Å². The molecule has 0 aliphatic carbocycles. The second-order valence-electron chi connectivity index (χ2n) is 3.00. The van der Waals surface area contributed by atoms with Crippen LogP contribution in [0.25, 0.3) is 0 Å². The van der Waals surface area contributed by atoms with Crippen LogP contribution in [0.4, 0.5) is 0 Å². The van der Waals surface area contributed by atoms with Crippen LogP contribution >= 0.6 is 11.6 Å². The Labute approximate surface area is 82.9 Å². The van der Waals surface area contributed by atoms with E-state index < -0.39 is 5.62 Å². The van der Waals surface area contributed by atoms with E-state index in [0.29, 0.717) is 16.3 Å². The van der Waals surface area contributed by atoms with Crippen LogP contribution in [-0.4, -0.2) is 20.1 Å². The highest BCUT2D eigenvalue weighted by molar-refractivity contribution is 6.32. The number of hydrogen-bond acceptors (Lipinski definition) is 3. The van der Waals surface area contributed by atoms with Crippen molar-refractivity contribution in [2.24, 2.45) is 5.73 Å². The van der Waals surface area contributed by atoms with Gasteiger partial charge >= 0.3 is 0 Å². The summed E-state index contributed by atoms with van der Waals surface area (Å²) in [5, 5.41) is 9.89. The van der Waals surface area contributed by atoms with Crippen molar-refractivity contribution in [3.05, 3.63) is 28.8 Å². The Hall–Kier alpha value is -0.705. The van der Waals surface area contributed by atoms with Gasteiger partial charge in [-0.25, -0.2) is 0 Å². The van der Waals surface area contributed by atoms with Gasteiger partial charge in [0.25, 0.3) is 0 Å². The molecule has 3 nitrogen and oxygen atoms in total. The minimum absolute atomic E-state index is 0.436. The number of ether oxygens (including phenoxy) is 1. The van der Waals surface area contributed by atoms with E-state index in [1.165, 1.54) is 15.0 Å². The van der Waals surface area contributed by atoms with Crippen molar-refractivity contribution in [1.29, 1.82) is 0 Å². The molecule has 1 rings (SSSR count). The molecular weight excluding hydrogens is 188 g/mol. The highest BCUT2D eigenvalue weighted by Gasteiger charge is 2.17. The minimum Gasteiger partial charge on any atom is -0.495 e. The van der Waals surface area contributed by atoms with Gasteiger partial charge in [-0.3, -0.25) is 0 Å². The Morgan fingerprint density at radius 3 is 2.62 bits per heavy atom. The topological polar surface area (TPSA) is 55.5 Å². The van der Waals surface area contributed by atoms with Crippen LogP contribution in [0.3, 0.4) is 0 Å². The molecule has 0 saturated heterocycles. The highest BCUT2D eigenvalue weighted by atomic mass is 35.5. The summed E-state index contributed by atoms with van der Waals surface area (Å²) >= 11 is 5.84. The van der Waals surface area contributed by atoms with E-state index in [1.54, 1.807) is 18.2 Å². The van der Waals surface area contributed by atoms with Crippen LogP contribution in [0, 0.1) is 0 Å². The first-order valence-electron chi connectivity index (χ1n) is 3.80. The summed E-state index contributed by atoms with van der Waals surface area (Å²) in [6.45, 7) is 0. The predicted octanol–water partition coefficient (Wildman–Crippen LogP) is 0.0430. The molecule has 5 heteroatoms. The monoisotopic (exact) mass is 199 g/mol. The molecule has 1 unspecified atom stereocenters. The van der Waals surface area contributed by atoms with Gasteiger partial charge in [0, 0.05) is 0 Å². The van der Waals surface area contributed by atoms with Crippen LogP contribution in [0.5, 0.6) is 5.75 Å². The van der Waals surface area contributed by atoms with Crippen LogP contribution in [-0.2, 0) is 5.62 Å². The fourth-order valence-corrected chi connectivity index (χ4v) is 1.24. The molecular formula is C8H11BClNO2. The normalized spacial score (nSPS) is 15.1. The number of aliphatic hydroxyl groups is 1. The lowest BCUT2D eigenvalue weighted by Crippen LogP contribution is -2.36. The molecule has 0 amide bonds. The van der Waals surface area contributed by atoms with E-state index in [2.05, 4.69) is 0 Å².